The molecule has 0 saturated carbocycles. The molecular weight excluding hydrogens is 504 g/mol. The average molecular weight is 531 g/mol. The lowest BCUT2D eigenvalue weighted by molar-refractivity contribution is 0.122. The molecule has 4 aromatic rings. The van der Waals surface area contributed by atoms with Crippen molar-refractivity contribution in [2.24, 2.45) is 0 Å². The van der Waals surface area contributed by atoms with Crippen molar-refractivity contribution in [1.29, 1.82) is 0 Å². The molecule has 7 nitrogen and oxygen atoms in total. The van der Waals surface area contributed by atoms with Crippen LogP contribution in [0.4, 0.5) is 11.4 Å². The first-order valence-corrected chi connectivity index (χ1v) is 13.7. The molecule has 0 spiro atoms. The van der Waals surface area contributed by atoms with Gasteiger partial charge in [0.1, 0.15) is 5.75 Å². The maximum absolute atomic E-state index is 12.6. The Morgan fingerprint density at radius 1 is 1.03 bits per heavy atom. The lowest BCUT2D eigenvalue weighted by atomic mass is 10.1. The van der Waals surface area contributed by atoms with E-state index in [2.05, 4.69) is 62.6 Å². The molecule has 2 N–H and O–H groups in total. The summed E-state index contributed by atoms with van der Waals surface area (Å²) in [6.07, 6.45) is 1.73. The number of ether oxygens (including phenoxy) is 2. The highest BCUT2D eigenvalue weighted by Crippen LogP contribution is 2.52. The van der Waals surface area contributed by atoms with Crippen LogP contribution in [0.25, 0.3) is 11.3 Å². The van der Waals surface area contributed by atoms with E-state index in [1.165, 1.54) is 14.7 Å². The smallest absolute Gasteiger partial charge is 0.250 e. The van der Waals surface area contributed by atoms with Gasteiger partial charge in [-0.2, -0.15) is 0 Å². The summed E-state index contributed by atoms with van der Waals surface area (Å²) in [5.74, 6) is 0.751. The Morgan fingerprint density at radius 3 is 2.73 bits per heavy atom. The normalized spacial score (nSPS) is 14.6. The van der Waals surface area contributed by atoms with Crippen LogP contribution in [0.2, 0.25) is 0 Å². The molecule has 0 radical (unpaired) electrons. The van der Waals surface area contributed by atoms with Gasteiger partial charge in [0.15, 0.2) is 0 Å². The summed E-state index contributed by atoms with van der Waals surface area (Å²) in [5, 5.41) is 3.47. The maximum atomic E-state index is 12.6. The Hall–Kier alpha value is -3.40. The highest BCUT2D eigenvalue weighted by atomic mass is 32.2. The number of nitrogens with zero attached hydrogens (tertiary/aromatic N) is 2. The topological polar surface area (TPSA) is 79.5 Å². The van der Waals surface area contributed by atoms with E-state index >= 15 is 0 Å². The third-order valence-corrected chi connectivity index (χ3v) is 8.95. The number of fused-ring (bicyclic) bond motifs is 2. The fourth-order valence-electron chi connectivity index (χ4n) is 4.43. The van der Waals surface area contributed by atoms with E-state index in [0.717, 1.165) is 52.1 Å². The van der Waals surface area contributed by atoms with E-state index in [1.54, 1.807) is 42.9 Å². The van der Waals surface area contributed by atoms with Crippen molar-refractivity contribution in [2.45, 2.75) is 26.1 Å². The summed E-state index contributed by atoms with van der Waals surface area (Å²) in [6, 6.07) is 20.4. The van der Waals surface area contributed by atoms with E-state index in [9.17, 15) is 4.79 Å². The number of hydrogen-bond acceptors (Lipinski definition) is 8. The van der Waals surface area contributed by atoms with Crippen molar-refractivity contribution in [3.05, 3.63) is 82.9 Å². The molecule has 2 aromatic heterocycles. The largest absolute Gasteiger partial charge is 0.495 e. The van der Waals surface area contributed by atoms with Gasteiger partial charge in [-0.25, -0.2) is 0 Å². The maximum Gasteiger partial charge on any atom is 0.250 e. The van der Waals surface area contributed by atoms with Gasteiger partial charge in [-0.1, -0.05) is 35.7 Å². The van der Waals surface area contributed by atoms with E-state index in [1.807, 2.05) is 12.1 Å². The number of methoxy groups -OCH3 is 1. The van der Waals surface area contributed by atoms with E-state index in [-0.39, 0.29) is 5.56 Å². The minimum atomic E-state index is -0.0903. The summed E-state index contributed by atoms with van der Waals surface area (Å²) < 4.78 is 10.7. The third-order valence-electron chi connectivity index (χ3n) is 6.36. The number of anilines is 2. The first-order valence-electron chi connectivity index (χ1n) is 12.1. The second-order valence-electron chi connectivity index (χ2n) is 8.76. The number of aromatic nitrogens is 2. The fraction of sp³-hybridized carbons (Fsp3) is 0.214. The Bertz CT molecular complexity index is 1480. The lowest BCUT2D eigenvalue weighted by Gasteiger charge is -2.29. The third kappa shape index (κ3) is 5.20. The molecule has 4 heterocycles. The van der Waals surface area contributed by atoms with Gasteiger partial charge < -0.3 is 24.7 Å². The molecule has 0 unspecified atom stereocenters. The van der Waals surface area contributed by atoms with Crippen molar-refractivity contribution in [3.8, 4) is 17.0 Å². The van der Waals surface area contributed by atoms with Crippen molar-refractivity contribution in [3.63, 3.8) is 0 Å². The molecule has 2 aromatic carbocycles. The first-order chi connectivity index (χ1) is 18.2. The number of hydrogen-bond donors (Lipinski definition) is 2. The number of benzene rings is 2. The Balaban J connectivity index is 1.24. The van der Waals surface area contributed by atoms with Crippen molar-refractivity contribution < 1.29 is 9.47 Å². The van der Waals surface area contributed by atoms with Crippen LogP contribution in [-0.4, -0.2) is 43.4 Å². The van der Waals surface area contributed by atoms with E-state index < -0.39 is 0 Å². The van der Waals surface area contributed by atoms with Gasteiger partial charge in [-0.05, 0) is 42.5 Å². The summed E-state index contributed by atoms with van der Waals surface area (Å²) in [4.78, 5) is 27.0. The molecule has 9 heteroatoms. The molecule has 188 valence electrons. The molecule has 2 aliphatic heterocycles. The van der Waals surface area contributed by atoms with Crippen LogP contribution in [-0.2, 0) is 11.3 Å². The quantitative estimate of drug-likeness (QED) is 0.298. The number of rotatable bonds is 6. The number of nitrogens with one attached hydrogen (secondary N) is 2. The standard InChI is InChI=1S/C28H26N4O3S2/c1-34-21-7-5-19(30-17-21)16-29-18-6-8-24-26(13-18)36-25-4-2-3-22(28(25)37-24)23-14-20(15-27(33)31-23)32-9-11-35-12-10-32/h2-8,13-15,17,29H,9-12,16H2,1H3,(H,31,33). The molecular formula is C28H26N4O3S2. The second-order valence-corrected chi connectivity index (χ2v) is 10.9. The molecule has 37 heavy (non-hydrogen) atoms. The summed E-state index contributed by atoms with van der Waals surface area (Å²) in [7, 11) is 1.64. The zero-order valence-electron chi connectivity index (χ0n) is 20.3. The molecule has 0 aliphatic carbocycles. The highest BCUT2D eigenvalue weighted by molar-refractivity contribution is 8.05. The fourth-order valence-corrected chi connectivity index (χ4v) is 6.84. The van der Waals surface area contributed by atoms with Gasteiger partial charge in [0.2, 0.25) is 5.56 Å². The molecule has 0 atom stereocenters. The van der Waals surface area contributed by atoms with Gasteiger partial charge in [-0.15, -0.1) is 0 Å². The van der Waals surface area contributed by atoms with Crippen molar-refractivity contribution >= 4 is 34.9 Å². The van der Waals surface area contributed by atoms with Crippen LogP contribution in [0.1, 0.15) is 5.69 Å². The molecule has 0 bridgehead atoms. The Labute approximate surface area is 223 Å². The Morgan fingerprint density at radius 2 is 1.92 bits per heavy atom. The number of aromatic amines is 1. The van der Waals surface area contributed by atoms with Gasteiger partial charge in [0.05, 0.1) is 44.5 Å². The minimum Gasteiger partial charge on any atom is -0.495 e. The van der Waals surface area contributed by atoms with Gasteiger partial charge in [-0.3, -0.25) is 9.78 Å². The van der Waals surface area contributed by atoms with Crippen molar-refractivity contribution in [1.82, 2.24) is 9.97 Å². The number of pyridine rings is 2. The van der Waals surface area contributed by atoms with E-state index in [4.69, 9.17) is 9.47 Å². The molecule has 0 amide bonds. The lowest BCUT2D eigenvalue weighted by Crippen LogP contribution is -2.36. The molecule has 2 aliphatic rings. The van der Waals surface area contributed by atoms with E-state index in [0.29, 0.717) is 19.8 Å². The average Bonchev–Trinajstić information content (AvgIpc) is 2.95. The summed E-state index contributed by atoms with van der Waals surface area (Å²) >= 11 is 3.50. The summed E-state index contributed by atoms with van der Waals surface area (Å²) in [5.41, 5.74) is 4.73. The van der Waals surface area contributed by atoms with Crippen LogP contribution >= 0.6 is 23.5 Å². The molecule has 1 fully saturated rings. The minimum absolute atomic E-state index is 0.0903. The first kappa shape index (κ1) is 24.0. The Kier molecular flexibility index (Phi) is 6.82. The number of H-pyrrole nitrogens is 1. The highest BCUT2D eigenvalue weighted by Gasteiger charge is 2.22. The van der Waals surface area contributed by atoms with Crippen LogP contribution in [0.5, 0.6) is 5.75 Å². The summed E-state index contributed by atoms with van der Waals surface area (Å²) in [6.45, 7) is 3.57. The zero-order chi connectivity index (χ0) is 25.2. The van der Waals surface area contributed by atoms with Crippen LogP contribution in [0, 0.1) is 0 Å². The van der Waals surface area contributed by atoms with Crippen LogP contribution < -0.4 is 20.5 Å². The molecule has 6 rings (SSSR count). The van der Waals surface area contributed by atoms with Gasteiger partial charge in [0, 0.05) is 55.7 Å². The number of morpholine rings is 1. The zero-order valence-corrected chi connectivity index (χ0v) is 22.0. The van der Waals surface area contributed by atoms with Crippen LogP contribution in [0.15, 0.2) is 91.2 Å². The molecule has 1 saturated heterocycles. The monoisotopic (exact) mass is 530 g/mol. The predicted octanol–water partition coefficient (Wildman–Crippen LogP) is 5.51. The van der Waals surface area contributed by atoms with Crippen LogP contribution in [0.3, 0.4) is 0 Å². The predicted molar refractivity (Wildman–Crippen MR) is 148 cm³/mol. The van der Waals surface area contributed by atoms with Gasteiger partial charge >= 0.3 is 0 Å². The second kappa shape index (κ2) is 10.5. The SMILES string of the molecule is COc1ccc(CNc2ccc3c(c2)Sc2cccc(-c4cc(N5CCOCC5)cc(=O)[nH]4)c2S3)nc1. The van der Waals surface area contributed by atoms with Gasteiger partial charge in [0.25, 0.3) is 0 Å². The van der Waals surface area contributed by atoms with Crippen molar-refractivity contribution in [2.75, 3.05) is 43.6 Å².